The van der Waals surface area contributed by atoms with Crippen molar-refractivity contribution < 1.29 is 27.5 Å². The van der Waals surface area contributed by atoms with E-state index >= 15 is 0 Å². The Labute approximate surface area is 186 Å². The second-order valence-electron chi connectivity index (χ2n) is 6.71. The number of amides is 1. The lowest BCUT2D eigenvalue weighted by Gasteiger charge is -2.19. The van der Waals surface area contributed by atoms with Gasteiger partial charge in [0.2, 0.25) is 5.91 Å². The standard InChI is InChI=1S/C23H19F3N2O3S/c1-3-16-7-10-20(11-8-16)31-21(30)12-9-18-14-32-22(27-18)28(15(2)29)19-6-4-5-17(13-19)23(24,25)26/h4-14H,3H2,1-2H3/b12-9+. The average molecular weight is 460 g/mol. The van der Waals surface area contributed by atoms with Crippen molar-refractivity contribution in [2.45, 2.75) is 26.4 Å². The van der Waals surface area contributed by atoms with Gasteiger partial charge in [0.25, 0.3) is 0 Å². The summed E-state index contributed by atoms with van der Waals surface area (Å²) in [5.74, 6) is -0.697. The normalized spacial score (nSPS) is 11.5. The molecule has 0 saturated heterocycles. The van der Waals surface area contributed by atoms with Crippen LogP contribution in [0.2, 0.25) is 0 Å². The number of carbonyl (C=O) groups is 2. The first-order valence-electron chi connectivity index (χ1n) is 9.59. The Morgan fingerprint density at radius 1 is 1.16 bits per heavy atom. The third-order valence-electron chi connectivity index (χ3n) is 4.39. The summed E-state index contributed by atoms with van der Waals surface area (Å²) in [6, 6.07) is 11.6. The van der Waals surface area contributed by atoms with Crippen molar-refractivity contribution in [2.75, 3.05) is 4.90 Å². The summed E-state index contributed by atoms with van der Waals surface area (Å²) in [7, 11) is 0. The van der Waals surface area contributed by atoms with Crippen LogP contribution < -0.4 is 9.64 Å². The van der Waals surface area contributed by atoms with Crippen molar-refractivity contribution in [3.8, 4) is 5.75 Å². The second-order valence-corrected chi connectivity index (χ2v) is 7.55. The van der Waals surface area contributed by atoms with Crippen molar-refractivity contribution in [1.29, 1.82) is 0 Å². The fourth-order valence-electron chi connectivity index (χ4n) is 2.80. The molecule has 1 amide bonds. The highest BCUT2D eigenvalue weighted by atomic mass is 32.1. The molecule has 0 spiro atoms. The molecule has 0 saturated carbocycles. The van der Waals surface area contributed by atoms with Crippen LogP contribution in [0.25, 0.3) is 6.08 Å². The van der Waals surface area contributed by atoms with Gasteiger partial charge in [-0.05, 0) is 48.4 Å². The fourth-order valence-corrected chi connectivity index (χ4v) is 3.66. The van der Waals surface area contributed by atoms with Crippen molar-refractivity contribution in [1.82, 2.24) is 4.98 Å². The molecule has 0 N–H and O–H groups in total. The van der Waals surface area contributed by atoms with Crippen LogP contribution in [0.5, 0.6) is 5.75 Å². The van der Waals surface area contributed by atoms with E-state index in [1.165, 1.54) is 31.2 Å². The SMILES string of the molecule is CCc1ccc(OC(=O)/C=C/c2csc(N(C(C)=O)c3cccc(C(F)(F)F)c3)n2)cc1. The van der Waals surface area contributed by atoms with Gasteiger partial charge in [-0.2, -0.15) is 13.2 Å². The van der Waals surface area contributed by atoms with Gasteiger partial charge in [0.15, 0.2) is 5.13 Å². The Morgan fingerprint density at radius 3 is 2.50 bits per heavy atom. The summed E-state index contributed by atoms with van der Waals surface area (Å²) in [5.41, 5.74) is 0.660. The lowest BCUT2D eigenvalue weighted by atomic mass is 10.2. The summed E-state index contributed by atoms with van der Waals surface area (Å²) in [5, 5.41) is 1.76. The quantitative estimate of drug-likeness (QED) is 0.256. The number of alkyl halides is 3. The number of aromatic nitrogens is 1. The molecular weight excluding hydrogens is 441 g/mol. The molecule has 0 radical (unpaired) electrons. The van der Waals surface area contributed by atoms with Gasteiger partial charge in [-0.25, -0.2) is 9.78 Å². The maximum atomic E-state index is 13.0. The Hall–Kier alpha value is -3.46. The molecule has 0 aliphatic rings. The lowest BCUT2D eigenvalue weighted by molar-refractivity contribution is -0.137. The van der Waals surface area contributed by atoms with Crippen LogP contribution in [-0.4, -0.2) is 16.9 Å². The van der Waals surface area contributed by atoms with E-state index in [-0.39, 0.29) is 10.8 Å². The molecule has 2 aromatic carbocycles. The number of rotatable bonds is 6. The third-order valence-corrected chi connectivity index (χ3v) is 5.23. The monoisotopic (exact) mass is 460 g/mol. The molecule has 5 nitrogen and oxygen atoms in total. The van der Waals surface area contributed by atoms with Crippen molar-refractivity contribution in [2.24, 2.45) is 0 Å². The highest BCUT2D eigenvalue weighted by molar-refractivity contribution is 7.14. The Kier molecular flexibility index (Phi) is 7.09. The van der Waals surface area contributed by atoms with Gasteiger partial charge in [0, 0.05) is 18.4 Å². The first-order valence-corrected chi connectivity index (χ1v) is 10.5. The first kappa shape index (κ1) is 23.2. The van der Waals surface area contributed by atoms with E-state index in [9.17, 15) is 22.8 Å². The zero-order chi connectivity index (χ0) is 23.3. The van der Waals surface area contributed by atoms with Crippen molar-refractivity contribution in [3.63, 3.8) is 0 Å². The largest absolute Gasteiger partial charge is 0.423 e. The number of halogens is 3. The minimum atomic E-state index is -4.54. The zero-order valence-electron chi connectivity index (χ0n) is 17.2. The van der Waals surface area contributed by atoms with Gasteiger partial charge < -0.3 is 4.74 Å². The van der Waals surface area contributed by atoms with Crippen LogP contribution in [-0.2, 0) is 22.2 Å². The van der Waals surface area contributed by atoms with E-state index in [0.29, 0.717) is 11.4 Å². The number of thiazole rings is 1. The van der Waals surface area contributed by atoms with Crippen LogP contribution in [0.3, 0.4) is 0 Å². The summed E-state index contributed by atoms with van der Waals surface area (Å²) < 4.78 is 44.3. The van der Waals surface area contributed by atoms with Gasteiger partial charge in [-0.3, -0.25) is 9.69 Å². The van der Waals surface area contributed by atoms with E-state index in [1.807, 2.05) is 19.1 Å². The van der Waals surface area contributed by atoms with E-state index < -0.39 is 23.6 Å². The molecule has 0 atom stereocenters. The van der Waals surface area contributed by atoms with Crippen molar-refractivity contribution >= 4 is 40.1 Å². The number of esters is 1. The van der Waals surface area contributed by atoms with Crippen LogP contribution in [0.15, 0.2) is 60.0 Å². The Morgan fingerprint density at radius 2 is 1.88 bits per heavy atom. The number of carbonyl (C=O) groups excluding carboxylic acids is 2. The lowest BCUT2D eigenvalue weighted by Crippen LogP contribution is -2.23. The van der Waals surface area contributed by atoms with Gasteiger partial charge >= 0.3 is 12.1 Å². The summed E-state index contributed by atoms with van der Waals surface area (Å²) in [4.78, 5) is 29.5. The molecule has 0 aliphatic carbocycles. The molecule has 166 valence electrons. The number of nitrogens with zero attached hydrogens (tertiary/aromatic N) is 2. The van der Waals surface area contributed by atoms with Crippen LogP contribution >= 0.6 is 11.3 Å². The van der Waals surface area contributed by atoms with Gasteiger partial charge in [0.1, 0.15) is 5.75 Å². The topological polar surface area (TPSA) is 59.5 Å². The zero-order valence-corrected chi connectivity index (χ0v) is 18.0. The maximum absolute atomic E-state index is 13.0. The van der Waals surface area contributed by atoms with Crippen LogP contribution in [0.4, 0.5) is 24.0 Å². The van der Waals surface area contributed by atoms with Crippen LogP contribution in [0, 0.1) is 0 Å². The molecule has 3 rings (SSSR count). The van der Waals surface area contributed by atoms with E-state index in [2.05, 4.69) is 4.98 Å². The summed E-state index contributed by atoms with van der Waals surface area (Å²) in [6.07, 6.45) is -1.06. The highest BCUT2D eigenvalue weighted by Crippen LogP contribution is 2.35. The Balaban J connectivity index is 1.75. The minimum absolute atomic E-state index is 0.0483. The molecule has 1 aromatic heterocycles. The van der Waals surface area contributed by atoms with Crippen LogP contribution in [0.1, 0.15) is 30.7 Å². The van der Waals surface area contributed by atoms with E-state index in [1.54, 1.807) is 17.5 Å². The van der Waals surface area contributed by atoms with Crippen molar-refractivity contribution in [3.05, 3.63) is 76.8 Å². The number of benzene rings is 2. The number of aryl methyl sites for hydroxylation is 1. The number of ether oxygens (including phenoxy) is 1. The fraction of sp³-hybridized carbons (Fsp3) is 0.174. The molecule has 3 aromatic rings. The minimum Gasteiger partial charge on any atom is -0.423 e. The predicted octanol–water partition coefficient (Wildman–Crippen LogP) is 6.03. The van der Waals surface area contributed by atoms with Gasteiger partial charge in [-0.15, -0.1) is 11.3 Å². The molecule has 1 heterocycles. The molecule has 0 unspecified atom stereocenters. The average Bonchev–Trinajstić information content (AvgIpc) is 3.21. The Bertz CT molecular complexity index is 1140. The molecule has 0 fully saturated rings. The van der Waals surface area contributed by atoms with Gasteiger partial charge in [0.05, 0.1) is 16.9 Å². The summed E-state index contributed by atoms with van der Waals surface area (Å²) in [6.45, 7) is 3.25. The molecule has 0 aliphatic heterocycles. The smallest absolute Gasteiger partial charge is 0.416 e. The molecule has 32 heavy (non-hydrogen) atoms. The van der Waals surface area contributed by atoms with Gasteiger partial charge in [-0.1, -0.05) is 25.1 Å². The molecule has 0 bridgehead atoms. The second kappa shape index (κ2) is 9.78. The number of hydrogen-bond acceptors (Lipinski definition) is 5. The van der Waals surface area contributed by atoms with E-state index in [4.69, 9.17) is 4.74 Å². The molecule has 9 heteroatoms. The third kappa shape index (κ3) is 5.82. The highest BCUT2D eigenvalue weighted by Gasteiger charge is 2.31. The molecular formula is C23H19F3N2O3S. The maximum Gasteiger partial charge on any atom is 0.416 e. The first-order chi connectivity index (χ1) is 15.2. The number of anilines is 2. The summed E-state index contributed by atoms with van der Waals surface area (Å²) >= 11 is 1.06. The van der Waals surface area contributed by atoms with E-state index in [0.717, 1.165) is 40.4 Å². The number of hydrogen-bond donors (Lipinski definition) is 0. The predicted molar refractivity (Wildman–Crippen MR) is 117 cm³/mol.